The van der Waals surface area contributed by atoms with Gasteiger partial charge in [-0.2, -0.15) is 0 Å². The van der Waals surface area contributed by atoms with E-state index in [0.29, 0.717) is 0 Å². The third-order valence-electron chi connectivity index (χ3n) is 2.40. The van der Waals surface area contributed by atoms with Crippen molar-refractivity contribution in [2.75, 3.05) is 5.32 Å². The third-order valence-corrected chi connectivity index (χ3v) is 3.32. The third kappa shape index (κ3) is 2.93. The lowest BCUT2D eigenvalue weighted by Gasteiger charge is -2.09. The van der Waals surface area contributed by atoms with Gasteiger partial charge >= 0.3 is 0 Å². The molecule has 0 atom stereocenters. The molecule has 0 spiro atoms. The largest absolute Gasteiger partial charge is 0.318 e. The summed E-state index contributed by atoms with van der Waals surface area (Å²) in [6, 6.07) is 8.25. The summed E-state index contributed by atoms with van der Waals surface area (Å²) in [5.41, 5.74) is -0.373. The standard InChI is InChI=1S/C13H7BrClF2NO/c14-8-4-1-3-7(11(8)17)13(19)18-12-9(15)5-2-6-10(12)16/h1-6H,(H,18,19). The highest BCUT2D eigenvalue weighted by Crippen LogP contribution is 2.26. The van der Waals surface area contributed by atoms with Gasteiger partial charge in [-0.05, 0) is 40.2 Å². The lowest BCUT2D eigenvalue weighted by molar-refractivity contribution is 0.102. The van der Waals surface area contributed by atoms with Gasteiger partial charge in [-0.1, -0.05) is 23.7 Å². The predicted octanol–water partition coefficient (Wildman–Crippen LogP) is 4.63. The Morgan fingerprint density at radius 3 is 2.53 bits per heavy atom. The van der Waals surface area contributed by atoms with Gasteiger partial charge in [0.25, 0.3) is 5.91 Å². The second kappa shape index (κ2) is 5.67. The zero-order valence-electron chi connectivity index (χ0n) is 9.38. The van der Waals surface area contributed by atoms with E-state index >= 15 is 0 Å². The summed E-state index contributed by atoms with van der Waals surface area (Å²) in [4.78, 5) is 11.9. The fraction of sp³-hybridized carbons (Fsp3) is 0. The number of anilines is 1. The summed E-state index contributed by atoms with van der Waals surface area (Å²) < 4.78 is 27.4. The number of nitrogens with one attached hydrogen (secondary N) is 1. The zero-order valence-corrected chi connectivity index (χ0v) is 11.7. The molecule has 1 N–H and O–H groups in total. The lowest BCUT2D eigenvalue weighted by Crippen LogP contribution is -2.15. The molecule has 0 bridgehead atoms. The van der Waals surface area contributed by atoms with E-state index in [1.165, 1.54) is 30.3 Å². The summed E-state index contributed by atoms with van der Waals surface area (Å²) >= 11 is 8.75. The average Bonchev–Trinajstić information content (AvgIpc) is 2.37. The van der Waals surface area contributed by atoms with E-state index in [0.717, 1.165) is 6.07 Å². The van der Waals surface area contributed by atoms with E-state index in [2.05, 4.69) is 21.2 Å². The number of carbonyl (C=O) groups excluding carboxylic acids is 1. The van der Waals surface area contributed by atoms with Crippen molar-refractivity contribution in [2.24, 2.45) is 0 Å². The fourth-order valence-electron chi connectivity index (χ4n) is 1.48. The zero-order chi connectivity index (χ0) is 14.0. The molecule has 1 amide bonds. The Bertz CT molecular complexity index is 628. The maximum atomic E-state index is 13.7. The van der Waals surface area contributed by atoms with Gasteiger partial charge in [0, 0.05) is 0 Å². The maximum Gasteiger partial charge on any atom is 0.258 e. The number of amides is 1. The van der Waals surface area contributed by atoms with E-state index in [9.17, 15) is 13.6 Å². The van der Waals surface area contributed by atoms with Gasteiger partial charge in [-0.3, -0.25) is 4.79 Å². The molecular formula is C13H7BrClF2NO. The number of benzene rings is 2. The molecule has 2 nitrogen and oxygen atoms in total. The molecule has 19 heavy (non-hydrogen) atoms. The monoisotopic (exact) mass is 345 g/mol. The summed E-state index contributed by atoms with van der Waals surface area (Å²) in [7, 11) is 0. The van der Waals surface area contributed by atoms with Crippen LogP contribution in [-0.2, 0) is 0 Å². The van der Waals surface area contributed by atoms with Crippen LogP contribution in [0.4, 0.5) is 14.5 Å². The highest BCUT2D eigenvalue weighted by molar-refractivity contribution is 9.10. The molecule has 0 unspecified atom stereocenters. The molecule has 0 saturated carbocycles. The number of para-hydroxylation sites is 1. The highest BCUT2D eigenvalue weighted by Gasteiger charge is 2.16. The Hall–Kier alpha value is -1.46. The van der Waals surface area contributed by atoms with Crippen LogP contribution in [0, 0.1) is 11.6 Å². The smallest absolute Gasteiger partial charge is 0.258 e. The molecule has 0 aliphatic carbocycles. The number of carbonyl (C=O) groups is 1. The minimum absolute atomic E-state index is 0.0451. The number of hydrogen-bond donors (Lipinski definition) is 1. The summed E-state index contributed by atoms with van der Waals surface area (Å²) in [6.45, 7) is 0. The molecule has 0 aliphatic rings. The predicted molar refractivity (Wildman–Crippen MR) is 73.5 cm³/mol. The van der Waals surface area contributed by atoms with Crippen LogP contribution in [0.3, 0.4) is 0 Å². The fourth-order valence-corrected chi connectivity index (χ4v) is 2.05. The topological polar surface area (TPSA) is 29.1 Å². The second-order valence-corrected chi connectivity index (χ2v) is 4.91. The Labute approximate surface area is 121 Å². The van der Waals surface area contributed by atoms with Crippen molar-refractivity contribution in [3.05, 3.63) is 63.1 Å². The highest BCUT2D eigenvalue weighted by atomic mass is 79.9. The van der Waals surface area contributed by atoms with Crippen LogP contribution in [0.2, 0.25) is 5.02 Å². The van der Waals surface area contributed by atoms with E-state index < -0.39 is 17.5 Å². The van der Waals surface area contributed by atoms with Gasteiger partial charge < -0.3 is 5.32 Å². The Balaban J connectivity index is 2.34. The van der Waals surface area contributed by atoms with Crippen molar-refractivity contribution < 1.29 is 13.6 Å². The van der Waals surface area contributed by atoms with Gasteiger partial charge in [0.2, 0.25) is 0 Å². The van der Waals surface area contributed by atoms with Crippen LogP contribution < -0.4 is 5.32 Å². The molecule has 2 aromatic rings. The molecule has 0 aromatic heterocycles. The number of hydrogen-bond acceptors (Lipinski definition) is 1. The van der Waals surface area contributed by atoms with Crippen molar-refractivity contribution in [1.82, 2.24) is 0 Å². The van der Waals surface area contributed by atoms with Gasteiger partial charge in [-0.25, -0.2) is 8.78 Å². The first kappa shape index (κ1) is 14.0. The van der Waals surface area contributed by atoms with Crippen molar-refractivity contribution in [2.45, 2.75) is 0 Å². The second-order valence-electron chi connectivity index (χ2n) is 3.65. The van der Waals surface area contributed by atoms with Crippen LogP contribution in [-0.4, -0.2) is 5.91 Å². The summed E-state index contributed by atoms with van der Waals surface area (Å²) in [5, 5.41) is 2.30. The molecule has 0 radical (unpaired) electrons. The quantitative estimate of drug-likeness (QED) is 0.844. The SMILES string of the molecule is O=C(Nc1c(F)cccc1Cl)c1cccc(Br)c1F. The minimum Gasteiger partial charge on any atom is -0.318 e. The normalized spacial score (nSPS) is 10.3. The van der Waals surface area contributed by atoms with Crippen LogP contribution >= 0.6 is 27.5 Å². The Morgan fingerprint density at radius 2 is 1.84 bits per heavy atom. The van der Waals surface area contributed by atoms with Crippen molar-refractivity contribution in [3.8, 4) is 0 Å². The molecule has 6 heteroatoms. The van der Waals surface area contributed by atoms with E-state index in [-0.39, 0.29) is 20.7 Å². The van der Waals surface area contributed by atoms with Gasteiger partial charge in [0.05, 0.1) is 20.7 Å². The average molecular weight is 347 g/mol. The molecule has 2 aromatic carbocycles. The summed E-state index contributed by atoms with van der Waals surface area (Å²) in [5.74, 6) is -2.17. The number of rotatable bonds is 2. The van der Waals surface area contributed by atoms with Crippen molar-refractivity contribution >= 4 is 39.1 Å². The van der Waals surface area contributed by atoms with Crippen LogP contribution in [0.15, 0.2) is 40.9 Å². The van der Waals surface area contributed by atoms with Crippen molar-refractivity contribution in [1.29, 1.82) is 0 Å². The van der Waals surface area contributed by atoms with E-state index in [1.807, 2.05) is 0 Å². The molecule has 0 saturated heterocycles. The van der Waals surface area contributed by atoms with Crippen LogP contribution in [0.25, 0.3) is 0 Å². The van der Waals surface area contributed by atoms with Gasteiger partial charge in [-0.15, -0.1) is 0 Å². The molecule has 98 valence electrons. The van der Waals surface area contributed by atoms with Crippen molar-refractivity contribution in [3.63, 3.8) is 0 Å². The molecule has 2 rings (SSSR count). The molecular weight excluding hydrogens is 340 g/mol. The van der Waals surface area contributed by atoms with Crippen LogP contribution in [0.1, 0.15) is 10.4 Å². The van der Waals surface area contributed by atoms with E-state index in [1.54, 1.807) is 0 Å². The van der Waals surface area contributed by atoms with E-state index in [4.69, 9.17) is 11.6 Å². The minimum atomic E-state index is -0.772. The Morgan fingerprint density at radius 1 is 1.16 bits per heavy atom. The maximum absolute atomic E-state index is 13.7. The summed E-state index contributed by atoms with van der Waals surface area (Å²) in [6.07, 6.45) is 0. The first-order valence-corrected chi connectivity index (χ1v) is 6.37. The first-order valence-electron chi connectivity index (χ1n) is 5.20. The van der Waals surface area contributed by atoms with Gasteiger partial charge in [0.15, 0.2) is 0 Å². The molecule has 0 fully saturated rings. The molecule has 0 heterocycles. The first-order chi connectivity index (χ1) is 9.00. The molecule has 0 aliphatic heterocycles. The van der Waals surface area contributed by atoms with Gasteiger partial charge in [0.1, 0.15) is 11.6 Å². The van der Waals surface area contributed by atoms with Crippen LogP contribution in [0.5, 0.6) is 0 Å². The number of halogens is 4. The Kier molecular flexibility index (Phi) is 4.17. The lowest BCUT2D eigenvalue weighted by atomic mass is 10.2.